The molecule has 0 bridgehead atoms. The molecule has 2 heterocycles. The average molecular weight is 416 g/mol. The molecular formula is C22H29N3O3S. The second kappa shape index (κ2) is 9.98. The van der Waals surface area contributed by atoms with Crippen molar-refractivity contribution in [1.82, 2.24) is 14.2 Å². The first-order valence-electron chi connectivity index (χ1n) is 9.99. The zero-order valence-electron chi connectivity index (χ0n) is 17.3. The number of amides is 1. The van der Waals surface area contributed by atoms with Crippen molar-refractivity contribution < 1.29 is 9.53 Å². The molecule has 7 heteroatoms. The number of nitrogens with zero attached hydrogens (tertiary/aromatic N) is 2. The van der Waals surface area contributed by atoms with Gasteiger partial charge in [0.2, 0.25) is 5.56 Å². The summed E-state index contributed by atoms with van der Waals surface area (Å²) in [7, 11) is 1.75. The molecule has 1 aromatic carbocycles. The molecule has 1 aromatic heterocycles. The van der Waals surface area contributed by atoms with Crippen LogP contribution in [-0.2, 0) is 11.8 Å². The van der Waals surface area contributed by atoms with Gasteiger partial charge in [0.05, 0.1) is 6.04 Å². The Hall–Kier alpha value is -2.25. The average Bonchev–Trinajstić information content (AvgIpc) is 2.73. The van der Waals surface area contributed by atoms with Crippen molar-refractivity contribution in [2.45, 2.75) is 38.3 Å². The molecule has 1 N–H and O–H groups in total. The molecule has 1 amide bonds. The summed E-state index contributed by atoms with van der Waals surface area (Å²) in [6.07, 6.45) is 6.39. The smallest absolute Gasteiger partial charge is 0.410 e. The van der Waals surface area contributed by atoms with Crippen molar-refractivity contribution in [3.8, 4) is 11.1 Å². The van der Waals surface area contributed by atoms with E-state index in [2.05, 4.69) is 4.72 Å². The highest BCUT2D eigenvalue weighted by molar-refractivity contribution is 7.96. The molecule has 6 nitrogen and oxygen atoms in total. The third-order valence-corrected chi connectivity index (χ3v) is 5.92. The molecule has 2 aromatic rings. The van der Waals surface area contributed by atoms with E-state index in [1.54, 1.807) is 34.5 Å². The lowest BCUT2D eigenvalue weighted by atomic mass is 10.0. The number of cyclic esters (lactones) is 1. The summed E-state index contributed by atoms with van der Waals surface area (Å²) in [5.41, 5.74) is 3.07. The summed E-state index contributed by atoms with van der Waals surface area (Å²) in [5, 5.41) is 0. The first kappa shape index (κ1) is 21.5. The van der Waals surface area contributed by atoms with Gasteiger partial charge < -0.3 is 14.2 Å². The summed E-state index contributed by atoms with van der Waals surface area (Å²) < 4.78 is 10.5. The van der Waals surface area contributed by atoms with Crippen LogP contribution in [0.4, 0.5) is 4.79 Å². The fourth-order valence-electron chi connectivity index (χ4n) is 3.60. The molecule has 2 unspecified atom stereocenters. The first-order chi connectivity index (χ1) is 14.0. The Morgan fingerprint density at radius 3 is 2.55 bits per heavy atom. The maximum Gasteiger partial charge on any atom is 0.410 e. The van der Waals surface area contributed by atoms with Crippen molar-refractivity contribution in [2.24, 2.45) is 7.05 Å². The van der Waals surface area contributed by atoms with E-state index in [0.29, 0.717) is 6.54 Å². The number of carbonyl (C=O) groups excluding carboxylic acids is 1. The zero-order chi connectivity index (χ0) is 20.8. The van der Waals surface area contributed by atoms with Gasteiger partial charge in [-0.15, -0.1) is 0 Å². The minimum Gasteiger partial charge on any atom is -0.446 e. The van der Waals surface area contributed by atoms with E-state index in [-0.39, 0.29) is 23.8 Å². The normalized spacial score (nSPS) is 17.8. The van der Waals surface area contributed by atoms with Crippen LogP contribution in [0.3, 0.4) is 0 Å². The van der Waals surface area contributed by atoms with Crippen LogP contribution in [0.1, 0.15) is 37.8 Å². The maximum atomic E-state index is 12.5. The topological polar surface area (TPSA) is 63.6 Å². The molecule has 0 saturated carbocycles. The highest BCUT2D eigenvalue weighted by Gasteiger charge is 2.30. The van der Waals surface area contributed by atoms with Crippen molar-refractivity contribution in [3.05, 3.63) is 58.5 Å². The van der Waals surface area contributed by atoms with Crippen LogP contribution in [0.25, 0.3) is 11.1 Å². The third kappa shape index (κ3) is 5.42. The molecule has 1 saturated heterocycles. The Bertz CT molecular complexity index is 882. The summed E-state index contributed by atoms with van der Waals surface area (Å²) in [5.74, 6) is 0. The summed E-state index contributed by atoms with van der Waals surface area (Å²) in [6.45, 7) is 3.67. The van der Waals surface area contributed by atoms with Gasteiger partial charge in [-0.2, -0.15) is 0 Å². The fourth-order valence-corrected chi connectivity index (χ4v) is 3.95. The summed E-state index contributed by atoms with van der Waals surface area (Å²) in [6, 6.07) is 11.5. The molecule has 0 aliphatic carbocycles. The Kier molecular flexibility index (Phi) is 7.39. The molecule has 1 aliphatic heterocycles. The minimum absolute atomic E-state index is 0.0155. The second-order valence-electron chi connectivity index (χ2n) is 7.39. The lowest BCUT2D eigenvalue weighted by molar-refractivity contribution is 0.00944. The minimum atomic E-state index is -0.228. The predicted octanol–water partition coefficient (Wildman–Crippen LogP) is 3.97. The van der Waals surface area contributed by atoms with E-state index < -0.39 is 0 Å². The van der Waals surface area contributed by atoms with Gasteiger partial charge in [0.25, 0.3) is 0 Å². The SMILES string of the molecule is CSNCCCC1CCN(C(C)c2ccc(-c3ccc(=O)n(C)c3)cc2)C(=O)O1. The Labute approximate surface area is 176 Å². The standard InChI is InChI=1S/C22H29N3O3S/c1-16(25-14-12-20(28-22(25)27)5-4-13-23-29-3)17-6-8-18(9-7-17)19-10-11-21(26)24(2)15-19/h6-11,15-16,20,23H,4-5,12-14H2,1-3H3. The first-order valence-corrected chi connectivity index (χ1v) is 11.2. The number of aryl methyl sites for hydroxylation is 1. The third-order valence-electron chi connectivity index (χ3n) is 5.42. The number of benzene rings is 1. The van der Waals surface area contributed by atoms with Crippen LogP contribution in [0.15, 0.2) is 47.4 Å². The van der Waals surface area contributed by atoms with Crippen molar-refractivity contribution in [2.75, 3.05) is 19.3 Å². The number of pyridine rings is 1. The molecule has 156 valence electrons. The molecule has 2 atom stereocenters. The number of rotatable bonds is 8. The number of hydrogen-bond donors (Lipinski definition) is 1. The van der Waals surface area contributed by atoms with Gasteiger partial charge in [-0.25, -0.2) is 4.79 Å². The fraction of sp³-hybridized carbons (Fsp3) is 0.455. The van der Waals surface area contributed by atoms with E-state index in [1.807, 2.05) is 49.7 Å². The lowest BCUT2D eigenvalue weighted by Gasteiger charge is -2.36. The van der Waals surface area contributed by atoms with Gasteiger partial charge in [-0.3, -0.25) is 9.52 Å². The van der Waals surface area contributed by atoms with Gasteiger partial charge in [-0.1, -0.05) is 36.2 Å². The maximum absolute atomic E-state index is 12.5. The van der Waals surface area contributed by atoms with E-state index in [4.69, 9.17) is 4.74 Å². The van der Waals surface area contributed by atoms with Gasteiger partial charge in [0.1, 0.15) is 6.10 Å². The number of hydrogen-bond acceptors (Lipinski definition) is 5. The highest BCUT2D eigenvalue weighted by Crippen LogP contribution is 2.28. The van der Waals surface area contributed by atoms with E-state index in [1.165, 1.54) is 0 Å². The number of ether oxygens (including phenoxy) is 1. The van der Waals surface area contributed by atoms with Gasteiger partial charge in [0.15, 0.2) is 0 Å². The second-order valence-corrected chi connectivity index (χ2v) is 8.09. The van der Waals surface area contributed by atoms with Gasteiger partial charge >= 0.3 is 6.09 Å². The van der Waals surface area contributed by atoms with Crippen molar-refractivity contribution >= 4 is 18.0 Å². The van der Waals surface area contributed by atoms with Crippen LogP contribution in [0.5, 0.6) is 0 Å². The van der Waals surface area contributed by atoms with Crippen LogP contribution in [0, 0.1) is 0 Å². The van der Waals surface area contributed by atoms with Crippen LogP contribution in [-0.4, -0.2) is 41.0 Å². The Balaban J connectivity index is 1.60. The zero-order valence-corrected chi connectivity index (χ0v) is 18.1. The number of carbonyl (C=O) groups is 1. The van der Waals surface area contributed by atoms with Crippen LogP contribution in [0.2, 0.25) is 0 Å². The van der Waals surface area contributed by atoms with Crippen molar-refractivity contribution in [3.63, 3.8) is 0 Å². The van der Waals surface area contributed by atoms with Crippen LogP contribution >= 0.6 is 11.9 Å². The van der Waals surface area contributed by atoms with Crippen molar-refractivity contribution in [1.29, 1.82) is 0 Å². The van der Waals surface area contributed by atoms with Gasteiger partial charge in [0, 0.05) is 38.8 Å². The lowest BCUT2D eigenvalue weighted by Crippen LogP contribution is -2.43. The number of nitrogens with one attached hydrogen (secondary N) is 1. The Morgan fingerprint density at radius 1 is 1.17 bits per heavy atom. The Morgan fingerprint density at radius 2 is 1.90 bits per heavy atom. The quantitative estimate of drug-likeness (QED) is 0.522. The van der Waals surface area contributed by atoms with E-state index in [0.717, 1.165) is 42.5 Å². The number of aromatic nitrogens is 1. The largest absolute Gasteiger partial charge is 0.446 e. The molecule has 3 rings (SSSR count). The predicted molar refractivity (Wildman–Crippen MR) is 118 cm³/mol. The van der Waals surface area contributed by atoms with Crippen LogP contribution < -0.4 is 10.3 Å². The molecular weight excluding hydrogens is 386 g/mol. The molecule has 1 fully saturated rings. The summed E-state index contributed by atoms with van der Waals surface area (Å²) >= 11 is 1.61. The van der Waals surface area contributed by atoms with Gasteiger partial charge in [-0.05, 0) is 48.8 Å². The molecule has 29 heavy (non-hydrogen) atoms. The molecule has 1 aliphatic rings. The summed E-state index contributed by atoms with van der Waals surface area (Å²) in [4.78, 5) is 25.9. The van der Waals surface area contributed by atoms with E-state index in [9.17, 15) is 9.59 Å². The molecule has 0 spiro atoms. The monoisotopic (exact) mass is 415 g/mol. The molecule has 0 radical (unpaired) electrons. The van der Waals surface area contributed by atoms with E-state index >= 15 is 0 Å². The highest BCUT2D eigenvalue weighted by atomic mass is 32.2.